The van der Waals surface area contributed by atoms with Gasteiger partial charge in [-0.25, -0.2) is 0 Å². The van der Waals surface area contributed by atoms with Crippen molar-refractivity contribution in [1.29, 1.82) is 0 Å². The molecule has 0 saturated heterocycles. The molecule has 76 valence electrons. The van der Waals surface area contributed by atoms with Gasteiger partial charge in [0, 0.05) is 0 Å². The SMILES string of the molecule is O=C(O)C(c1ccccc1)C(F)(F)F. The Balaban J connectivity index is 3.08. The van der Waals surface area contributed by atoms with Crippen LogP contribution in [0.25, 0.3) is 0 Å². The van der Waals surface area contributed by atoms with E-state index < -0.39 is 18.1 Å². The van der Waals surface area contributed by atoms with Crippen LogP contribution in [0.4, 0.5) is 13.2 Å². The van der Waals surface area contributed by atoms with Gasteiger partial charge in [-0.2, -0.15) is 13.2 Å². The van der Waals surface area contributed by atoms with Gasteiger partial charge in [0.05, 0.1) is 0 Å². The minimum absolute atomic E-state index is 0.257. The minimum Gasteiger partial charge on any atom is -0.481 e. The summed E-state index contributed by atoms with van der Waals surface area (Å²) >= 11 is 0. The van der Waals surface area contributed by atoms with E-state index in [9.17, 15) is 18.0 Å². The summed E-state index contributed by atoms with van der Waals surface area (Å²) in [6.07, 6.45) is -4.76. The first-order valence-corrected chi connectivity index (χ1v) is 3.77. The van der Waals surface area contributed by atoms with Crippen LogP contribution in [0.3, 0.4) is 0 Å². The quantitative estimate of drug-likeness (QED) is 0.803. The maximum atomic E-state index is 12.3. The van der Waals surface area contributed by atoms with Crippen molar-refractivity contribution in [3.63, 3.8) is 0 Å². The van der Waals surface area contributed by atoms with Crippen molar-refractivity contribution in [3.8, 4) is 0 Å². The van der Waals surface area contributed by atoms with Crippen LogP contribution in [0.1, 0.15) is 11.5 Å². The van der Waals surface area contributed by atoms with E-state index in [0.717, 1.165) is 12.1 Å². The van der Waals surface area contributed by atoms with Gasteiger partial charge in [0.15, 0.2) is 5.92 Å². The van der Waals surface area contributed by atoms with Gasteiger partial charge in [0.25, 0.3) is 0 Å². The highest BCUT2D eigenvalue weighted by Gasteiger charge is 2.46. The third-order valence-corrected chi connectivity index (χ3v) is 1.71. The van der Waals surface area contributed by atoms with Crippen molar-refractivity contribution in [3.05, 3.63) is 35.9 Å². The van der Waals surface area contributed by atoms with Gasteiger partial charge in [0.2, 0.25) is 0 Å². The van der Waals surface area contributed by atoms with Crippen molar-refractivity contribution in [1.82, 2.24) is 0 Å². The summed E-state index contributed by atoms with van der Waals surface area (Å²) in [5.74, 6) is -4.33. The third-order valence-electron chi connectivity index (χ3n) is 1.71. The number of carboxylic acid groups (broad SMARTS) is 1. The summed E-state index contributed by atoms with van der Waals surface area (Å²) in [5.41, 5.74) is -0.257. The summed E-state index contributed by atoms with van der Waals surface area (Å²) in [6.45, 7) is 0. The Kier molecular flexibility index (Phi) is 2.78. The maximum absolute atomic E-state index is 12.3. The molecule has 0 fully saturated rings. The summed E-state index contributed by atoms with van der Waals surface area (Å²) in [4.78, 5) is 10.4. The van der Waals surface area contributed by atoms with E-state index in [0.29, 0.717) is 0 Å². The van der Waals surface area contributed by atoms with E-state index in [1.54, 1.807) is 0 Å². The molecule has 0 heterocycles. The van der Waals surface area contributed by atoms with E-state index in [2.05, 4.69) is 0 Å². The molecule has 2 nitrogen and oxygen atoms in total. The molecular formula is C9H7F3O2. The topological polar surface area (TPSA) is 37.3 Å². The fourth-order valence-electron chi connectivity index (χ4n) is 1.12. The van der Waals surface area contributed by atoms with Crippen LogP contribution in [0.5, 0.6) is 0 Å². The second-order valence-corrected chi connectivity index (χ2v) is 2.72. The van der Waals surface area contributed by atoms with Gasteiger partial charge in [0.1, 0.15) is 0 Å². The van der Waals surface area contributed by atoms with Crippen LogP contribution in [0.2, 0.25) is 0 Å². The van der Waals surface area contributed by atoms with Crippen molar-refractivity contribution in [2.75, 3.05) is 0 Å². The average Bonchev–Trinajstić information content (AvgIpc) is 2.02. The van der Waals surface area contributed by atoms with E-state index in [1.165, 1.54) is 18.2 Å². The number of hydrogen-bond acceptors (Lipinski definition) is 1. The molecule has 14 heavy (non-hydrogen) atoms. The molecule has 1 N–H and O–H groups in total. The van der Waals surface area contributed by atoms with Crippen LogP contribution in [0.15, 0.2) is 30.3 Å². The lowest BCUT2D eigenvalue weighted by molar-refractivity contribution is -0.176. The predicted octanol–water partition coefficient (Wildman–Crippen LogP) is 2.42. The number of hydrogen-bond donors (Lipinski definition) is 1. The van der Waals surface area contributed by atoms with E-state index in [-0.39, 0.29) is 5.56 Å². The van der Waals surface area contributed by atoms with Crippen LogP contribution in [-0.2, 0) is 4.79 Å². The molecule has 5 heteroatoms. The van der Waals surface area contributed by atoms with Gasteiger partial charge in [-0.3, -0.25) is 4.79 Å². The first-order valence-electron chi connectivity index (χ1n) is 3.77. The number of rotatable bonds is 2. The highest BCUT2D eigenvalue weighted by molar-refractivity contribution is 5.77. The number of halogens is 3. The van der Waals surface area contributed by atoms with Crippen molar-refractivity contribution in [2.24, 2.45) is 0 Å². The molecule has 0 saturated carbocycles. The monoisotopic (exact) mass is 204 g/mol. The summed E-state index contributed by atoms with van der Waals surface area (Å²) in [5, 5.41) is 8.44. The Morgan fingerprint density at radius 3 is 2.07 bits per heavy atom. The number of carbonyl (C=O) groups is 1. The Bertz CT molecular complexity index is 319. The molecule has 0 aliphatic rings. The highest BCUT2D eigenvalue weighted by Crippen LogP contribution is 2.34. The van der Waals surface area contributed by atoms with Crippen molar-refractivity contribution in [2.45, 2.75) is 12.1 Å². The maximum Gasteiger partial charge on any atom is 0.406 e. The fraction of sp³-hybridized carbons (Fsp3) is 0.222. The molecule has 1 unspecified atom stereocenters. The molecule has 0 bridgehead atoms. The standard InChI is InChI=1S/C9H7F3O2/c10-9(11,12)7(8(13)14)6-4-2-1-3-5-6/h1-5,7H,(H,13,14). The summed E-state index contributed by atoms with van der Waals surface area (Å²) in [6, 6.07) is 6.56. The van der Waals surface area contributed by atoms with E-state index >= 15 is 0 Å². The number of carboxylic acids is 1. The third kappa shape index (κ3) is 2.25. The Hall–Kier alpha value is -1.52. The largest absolute Gasteiger partial charge is 0.481 e. The molecule has 0 spiro atoms. The Morgan fingerprint density at radius 2 is 1.71 bits per heavy atom. The van der Waals surface area contributed by atoms with Crippen molar-refractivity contribution < 1.29 is 23.1 Å². The molecule has 1 aromatic rings. The first-order chi connectivity index (χ1) is 6.43. The molecule has 0 aliphatic heterocycles. The molecule has 0 radical (unpaired) electrons. The molecule has 1 aromatic carbocycles. The molecule has 0 aromatic heterocycles. The zero-order chi connectivity index (χ0) is 10.8. The number of aliphatic carboxylic acids is 1. The lowest BCUT2D eigenvalue weighted by atomic mass is 9.99. The lowest BCUT2D eigenvalue weighted by Crippen LogP contribution is -2.28. The Labute approximate surface area is 78.0 Å². The first kappa shape index (κ1) is 10.6. The van der Waals surface area contributed by atoms with Crippen LogP contribution in [-0.4, -0.2) is 17.3 Å². The smallest absolute Gasteiger partial charge is 0.406 e. The second-order valence-electron chi connectivity index (χ2n) is 2.72. The number of benzene rings is 1. The van der Waals surface area contributed by atoms with Gasteiger partial charge >= 0.3 is 12.1 Å². The molecule has 1 rings (SSSR count). The van der Waals surface area contributed by atoms with Gasteiger partial charge in [-0.05, 0) is 5.56 Å². The summed E-state index contributed by atoms with van der Waals surface area (Å²) in [7, 11) is 0. The van der Waals surface area contributed by atoms with Crippen LogP contribution >= 0.6 is 0 Å². The van der Waals surface area contributed by atoms with Crippen molar-refractivity contribution >= 4 is 5.97 Å². The molecular weight excluding hydrogens is 197 g/mol. The highest BCUT2D eigenvalue weighted by atomic mass is 19.4. The minimum atomic E-state index is -4.76. The van der Waals surface area contributed by atoms with E-state index in [4.69, 9.17) is 5.11 Å². The molecule has 1 atom stereocenters. The fourth-order valence-corrected chi connectivity index (χ4v) is 1.12. The predicted molar refractivity (Wildman–Crippen MR) is 42.9 cm³/mol. The van der Waals surface area contributed by atoms with Gasteiger partial charge in [-0.1, -0.05) is 30.3 Å². The van der Waals surface area contributed by atoms with Gasteiger partial charge < -0.3 is 5.11 Å². The Morgan fingerprint density at radius 1 is 1.21 bits per heavy atom. The summed E-state index contributed by atoms with van der Waals surface area (Å²) < 4.78 is 36.8. The zero-order valence-electron chi connectivity index (χ0n) is 6.95. The van der Waals surface area contributed by atoms with E-state index in [1.807, 2.05) is 0 Å². The number of alkyl halides is 3. The average molecular weight is 204 g/mol. The normalized spacial score (nSPS) is 13.6. The second kappa shape index (κ2) is 3.69. The lowest BCUT2D eigenvalue weighted by Gasteiger charge is -2.15. The molecule has 0 amide bonds. The molecule has 0 aliphatic carbocycles. The van der Waals surface area contributed by atoms with Crippen LogP contribution < -0.4 is 0 Å². The van der Waals surface area contributed by atoms with Crippen LogP contribution in [0, 0.1) is 0 Å². The zero-order valence-corrected chi connectivity index (χ0v) is 6.95. The van der Waals surface area contributed by atoms with Gasteiger partial charge in [-0.15, -0.1) is 0 Å².